The number of anilines is 1. The lowest BCUT2D eigenvalue weighted by Gasteiger charge is -2.28. The van der Waals surface area contributed by atoms with Crippen molar-refractivity contribution >= 4 is 38.9 Å². The Kier molecular flexibility index (Phi) is 5.68. The molecule has 33 heavy (non-hydrogen) atoms. The molecule has 1 aliphatic heterocycles. The van der Waals surface area contributed by atoms with Crippen LogP contribution >= 0.6 is 28.1 Å². The van der Waals surface area contributed by atoms with Crippen molar-refractivity contribution in [3.8, 4) is 11.4 Å². The van der Waals surface area contributed by atoms with Gasteiger partial charge in [-0.15, -0.1) is 0 Å². The minimum atomic E-state index is -0.101. The molecule has 2 aromatic heterocycles. The van der Waals surface area contributed by atoms with Gasteiger partial charge in [0.2, 0.25) is 0 Å². The van der Waals surface area contributed by atoms with Gasteiger partial charge in [-0.25, -0.2) is 0 Å². The van der Waals surface area contributed by atoms with E-state index in [1.807, 2.05) is 48.7 Å². The van der Waals surface area contributed by atoms with Crippen molar-refractivity contribution in [3.05, 3.63) is 106 Å². The minimum absolute atomic E-state index is 0.0781. The number of halogens is 1. The number of rotatable bonds is 4. The molecule has 0 spiro atoms. The smallest absolute Gasteiger partial charge is 0.174 e. The first-order valence-corrected chi connectivity index (χ1v) is 11.9. The van der Waals surface area contributed by atoms with Crippen molar-refractivity contribution in [2.24, 2.45) is 0 Å². The molecule has 2 aromatic carbocycles. The highest BCUT2D eigenvalue weighted by molar-refractivity contribution is 9.10. The molecule has 5 nitrogen and oxygen atoms in total. The topological polar surface area (TPSA) is 53.3 Å². The number of pyridine rings is 1. The van der Waals surface area contributed by atoms with Gasteiger partial charge in [-0.05, 0) is 98.4 Å². The van der Waals surface area contributed by atoms with E-state index in [9.17, 15) is 5.11 Å². The van der Waals surface area contributed by atoms with E-state index in [0.717, 1.165) is 32.9 Å². The Morgan fingerprint density at radius 2 is 1.67 bits per heavy atom. The zero-order valence-electron chi connectivity index (χ0n) is 18.2. The fourth-order valence-corrected chi connectivity index (χ4v) is 5.25. The van der Waals surface area contributed by atoms with Crippen LogP contribution in [-0.4, -0.2) is 19.8 Å². The second-order valence-corrected chi connectivity index (χ2v) is 9.45. The summed E-state index contributed by atoms with van der Waals surface area (Å²) in [5.74, 6) is 0.253. The van der Waals surface area contributed by atoms with Gasteiger partial charge in [0.05, 0.1) is 17.8 Å². The number of nitrogens with one attached hydrogen (secondary N) is 1. The Labute approximate surface area is 206 Å². The van der Waals surface area contributed by atoms with Gasteiger partial charge in [-0.2, -0.15) is 0 Å². The second-order valence-electron chi connectivity index (χ2n) is 8.15. The average Bonchev–Trinajstić information content (AvgIpc) is 3.31. The first kappa shape index (κ1) is 21.7. The van der Waals surface area contributed by atoms with Gasteiger partial charge < -0.3 is 19.9 Å². The van der Waals surface area contributed by atoms with Crippen molar-refractivity contribution < 1.29 is 5.11 Å². The summed E-state index contributed by atoms with van der Waals surface area (Å²) < 4.78 is 3.23. The number of benzene rings is 2. The van der Waals surface area contributed by atoms with Gasteiger partial charge in [0.25, 0.3) is 0 Å². The third kappa shape index (κ3) is 3.92. The molecule has 0 radical (unpaired) electrons. The van der Waals surface area contributed by atoms with E-state index < -0.39 is 0 Å². The lowest BCUT2D eigenvalue weighted by Crippen LogP contribution is -2.29. The van der Waals surface area contributed by atoms with Crippen LogP contribution in [0.1, 0.15) is 34.7 Å². The van der Waals surface area contributed by atoms with E-state index in [4.69, 9.17) is 12.2 Å². The Hall–Kier alpha value is -3.16. The molecule has 166 valence electrons. The summed E-state index contributed by atoms with van der Waals surface area (Å²) in [6.45, 7) is 4.23. The fraction of sp³-hybridized carbons (Fsp3) is 0.154. The van der Waals surface area contributed by atoms with Crippen LogP contribution in [0.4, 0.5) is 5.69 Å². The van der Waals surface area contributed by atoms with Crippen LogP contribution < -0.4 is 10.2 Å². The number of phenolic OH excluding ortho intramolecular Hbond substituents is 1. The standard InChI is InChI=1S/C26H23BrN4OS/c1-16-15-22(17(2)30(16)19-10-12-21(32)13-11-19)25-24(23-5-3-4-14-28-23)29-26(33)31(25)20-8-6-18(27)7-9-20/h3-15,24-25,32H,1-2H3,(H,29,33). The van der Waals surface area contributed by atoms with Crippen LogP contribution in [0.2, 0.25) is 0 Å². The molecule has 0 amide bonds. The molecule has 5 rings (SSSR count). The first-order chi connectivity index (χ1) is 15.9. The summed E-state index contributed by atoms with van der Waals surface area (Å²) in [5, 5.41) is 13.9. The predicted molar refractivity (Wildman–Crippen MR) is 139 cm³/mol. The first-order valence-electron chi connectivity index (χ1n) is 10.7. The zero-order chi connectivity index (χ0) is 23.1. The molecule has 2 unspecified atom stereocenters. The Balaban J connectivity index is 1.67. The SMILES string of the molecule is Cc1cc(C2C(c3ccccn3)NC(=S)N2c2ccc(Br)cc2)c(C)n1-c1ccc(O)cc1. The third-order valence-electron chi connectivity index (χ3n) is 6.10. The number of hydrogen-bond acceptors (Lipinski definition) is 3. The van der Waals surface area contributed by atoms with E-state index >= 15 is 0 Å². The highest BCUT2D eigenvalue weighted by Gasteiger charge is 2.42. The zero-order valence-corrected chi connectivity index (χ0v) is 20.6. The molecular weight excluding hydrogens is 496 g/mol. The van der Waals surface area contributed by atoms with Gasteiger partial charge in [-0.1, -0.05) is 22.0 Å². The van der Waals surface area contributed by atoms with Gasteiger partial charge in [0, 0.05) is 33.4 Å². The molecule has 2 N–H and O–H groups in total. The predicted octanol–water partition coefficient (Wildman–Crippen LogP) is 6.13. The van der Waals surface area contributed by atoms with Gasteiger partial charge in [0.15, 0.2) is 5.11 Å². The molecular formula is C26H23BrN4OS. The van der Waals surface area contributed by atoms with E-state index in [-0.39, 0.29) is 17.8 Å². The van der Waals surface area contributed by atoms with Gasteiger partial charge >= 0.3 is 0 Å². The van der Waals surface area contributed by atoms with Crippen LogP contribution in [-0.2, 0) is 0 Å². The normalized spacial score (nSPS) is 17.9. The average molecular weight is 519 g/mol. The lowest BCUT2D eigenvalue weighted by atomic mass is 9.96. The molecule has 0 saturated carbocycles. The van der Waals surface area contributed by atoms with Crippen LogP contribution in [0.3, 0.4) is 0 Å². The number of phenols is 1. The van der Waals surface area contributed by atoms with Crippen LogP contribution in [0.15, 0.2) is 83.5 Å². The quantitative estimate of drug-likeness (QED) is 0.318. The highest BCUT2D eigenvalue weighted by Crippen LogP contribution is 2.43. The summed E-state index contributed by atoms with van der Waals surface area (Å²) in [7, 11) is 0. The third-order valence-corrected chi connectivity index (χ3v) is 6.94. The maximum atomic E-state index is 9.74. The second kappa shape index (κ2) is 8.65. The summed E-state index contributed by atoms with van der Waals surface area (Å²) in [6.07, 6.45) is 1.82. The number of nitrogens with zero attached hydrogens (tertiary/aromatic N) is 3. The molecule has 0 bridgehead atoms. The summed E-state index contributed by atoms with van der Waals surface area (Å²) in [6, 6.07) is 23.5. The molecule has 0 aliphatic carbocycles. The van der Waals surface area contributed by atoms with Crippen molar-refractivity contribution in [1.82, 2.24) is 14.9 Å². The molecule has 1 saturated heterocycles. The monoisotopic (exact) mass is 518 g/mol. The summed E-state index contributed by atoms with van der Waals surface area (Å²) in [5.41, 5.74) is 6.38. The Morgan fingerprint density at radius 1 is 0.970 bits per heavy atom. The largest absolute Gasteiger partial charge is 0.508 e. The Bertz CT molecular complexity index is 1300. The van der Waals surface area contributed by atoms with E-state index in [0.29, 0.717) is 5.11 Å². The fourth-order valence-electron chi connectivity index (χ4n) is 4.64. The number of aryl methyl sites for hydroxylation is 1. The van der Waals surface area contributed by atoms with Gasteiger partial charge in [-0.3, -0.25) is 4.98 Å². The molecule has 4 aromatic rings. The molecule has 2 atom stereocenters. The van der Waals surface area contributed by atoms with Crippen molar-refractivity contribution in [1.29, 1.82) is 0 Å². The number of hydrogen-bond donors (Lipinski definition) is 2. The molecule has 7 heteroatoms. The summed E-state index contributed by atoms with van der Waals surface area (Å²) >= 11 is 9.38. The van der Waals surface area contributed by atoms with E-state index in [1.54, 1.807) is 12.1 Å². The number of aromatic nitrogens is 2. The van der Waals surface area contributed by atoms with E-state index in [1.165, 1.54) is 5.56 Å². The van der Waals surface area contributed by atoms with Gasteiger partial charge in [0.1, 0.15) is 5.75 Å². The number of thiocarbonyl (C=S) groups is 1. The van der Waals surface area contributed by atoms with Crippen molar-refractivity contribution in [3.63, 3.8) is 0 Å². The summed E-state index contributed by atoms with van der Waals surface area (Å²) in [4.78, 5) is 6.83. The Morgan fingerprint density at radius 3 is 2.33 bits per heavy atom. The van der Waals surface area contributed by atoms with Crippen molar-refractivity contribution in [2.75, 3.05) is 4.90 Å². The lowest BCUT2D eigenvalue weighted by molar-refractivity contribution is 0.475. The molecule has 3 heterocycles. The molecule has 1 aliphatic rings. The van der Waals surface area contributed by atoms with Crippen LogP contribution in [0.5, 0.6) is 5.75 Å². The van der Waals surface area contributed by atoms with Crippen LogP contribution in [0.25, 0.3) is 5.69 Å². The van der Waals surface area contributed by atoms with Crippen LogP contribution in [0, 0.1) is 13.8 Å². The van der Waals surface area contributed by atoms with E-state index in [2.05, 4.69) is 67.7 Å². The maximum Gasteiger partial charge on any atom is 0.174 e. The number of aromatic hydroxyl groups is 1. The minimum Gasteiger partial charge on any atom is -0.508 e. The highest BCUT2D eigenvalue weighted by atomic mass is 79.9. The molecule has 1 fully saturated rings. The van der Waals surface area contributed by atoms with Crippen molar-refractivity contribution in [2.45, 2.75) is 25.9 Å². The maximum absolute atomic E-state index is 9.74.